The minimum Gasteiger partial charge on any atom is -0.497 e. The monoisotopic (exact) mass is 274 g/mol. The Morgan fingerprint density at radius 2 is 1.85 bits per heavy atom. The first-order valence-corrected chi connectivity index (χ1v) is 6.69. The molecule has 2 nitrogen and oxygen atoms in total. The molecule has 106 valence electrons. The minimum atomic E-state index is -1.21. The Labute approximate surface area is 118 Å². The van der Waals surface area contributed by atoms with Gasteiger partial charge in [-0.1, -0.05) is 37.3 Å². The molecule has 3 heteroatoms. The number of halogens is 1. The normalized spacial score (nSPS) is 13.8. The number of aliphatic hydroxyl groups is 1. The number of hydrogen-bond acceptors (Lipinski definition) is 2. The summed E-state index contributed by atoms with van der Waals surface area (Å²) in [5.74, 6) is 0.00838. The van der Waals surface area contributed by atoms with Crippen LogP contribution >= 0.6 is 0 Å². The number of ether oxygens (including phenoxy) is 1. The molecule has 0 spiro atoms. The Bertz CT molecular complexity index is 568. The summed E-state index contributed by atoms with van der Waals surface area (Å²) in [4.78, 5) is 0. The van der Waals surface area contributed by atoms with Gasteiger partial charge in [-0.05, 0) is 24.1 Å². The molecule has 0 bridgehead atoms. The van der Waals surface area contributed by atoms with Crippen molar-refractivity contribution in [2.24, 2.45) is 0 Å². The molecular formula is C17H19FO2. The second-order valence-corrected chi connectivity index (χ2v) is 4.89. The van der Waals surface area contributed by atoms with Gasteiger partial charge in [-0.15, -0.1) is 0 Å². The highest BCUT2D eigenvalue weighted by Gasteiger charge is 2.30. The summed E-state index contributed by atoms with van der Waals surface area (Å²) >= 11 is 0. The van der Waals surface area contributed by atoms with Gasteiger partial charge < -0.3 is 9.84 Å². The van der Waals surface area contributed by atoms with Gasteiger partial charge in [0.25, 0.3) is 0 Å². The lowest BCUT2D eigenvalue weighted by Crippen LogP contribution is -2.29. The molecule has 1 unspecified atom stereocenters. The van der Waals surface area contributed by atoms with Crippen molar-refractivity contribution in [2.75, 3.05) is 7.11 Å². The van der Waals surface area contributed by atoms with Crippen LogP contribution in [0.3, 0.4) is 0 Å². The van der Waals surface area contributed by atoms with E-state index in [4.69, 9.17) is 4.74 Å². The summed E-state index contributed by atoms with van der Waals surface area (Å²) in [5, 5.41) is 10.8. The zero-order chi connectivity index (χ0) is 14.6. The molecule has 20 heavy (non-hydrogen) atoms. The quantitative estimate of drug-likeness (QED) is 0.901. The minimum absolute atomic E-state index is 0.310. The fourth-order valence-electron chi connectivity index (χ4n) is 2.34. The third-order valence-corrected chi connectivity index (χ3v) is 3.60. The van der Waals surface area contributed by atoms with Crippen LogP contribution in [0, 0.1) is 5.82 Å². The Morgan fingerprint density at radius 3 is 2.40 bits per heavy atom. The Morgan fingerprint density at radius 1 is 1.15 bits per heavy atom. The molecule has 0 saturated heterocycles. The van der Waals surface area contributed by atoms with Gasteiger partial charge in [-0.2, -0.15) is 0 Å². The van der Waals surface area contributed by atoms with E-state index in [0.717, 1.165) is 5.56 Å². The van der Waals surface area contributed by atoms with E-state index >= 15 is 0 Å². The van der Waals surface area contributed by atoms with E-state index in [1.54, 1.807) is 12.1 Å². The SMILES string of the molecule is CCC(O)(Cc1ccccc1)c1ccc(OC)cc1F. The van der Waals surface area contributed by atoms with Crippen molar-refractivity contribution in [2.45, 2.75) is 25.4 Å². The third-order valence-electron chi connectivity index (χ3n) is 3.60. The average Bonchev–Trinajstić information content (AvgIpc) is 2.47. The number of methoxy groups -OCH3 is 1. The van der Waals surface area contributed by atoms with Gasteiger partial charge in [0.2, 0.25) is 0 Å². The Balaban J connectivity index is 2.35. The maximum absolute atomic E-state index is 14.2. The van der Waals surface area contributed by atoms with Crippen LogP contribution in [0.1, 0.15) is 24.5 Å². The smallest absolute Gasteiger partial charge is 0.132 e. The van der Waals surface area contributed by atoms with Gasteiger partial charge in [0, 0.05) is 18.1 Å². The number of hydrogen-bond donors (Lipinski definition) is 1. The van der Waals surface area contributed by atoms with Crippen molar-refractivity contribution < 1.29 is 14.2 Å². The summed E-state index contributed by atoms with van der Waals surface area (Å²) in [5.41, 5.74) is 0.0780. The van der Waals surface area contributed by atoms with Crippen molar-refractivity contribution in [1.82, 2.24) is 0 Å². The van der Waals surface area contributed by atoms with E-state index in [2.05, 4.69) is 0 Å². The van der Waals surface area contributed by atoms with Crippen LogP contribution in [-0.4, -0.2) is 12.2 Å². The molecule has 0 amide bonds. The fourth-order valence-corrected chi connectivity index (χ4v) is 2.34. The van der Waals surface area contributed by atoms with Crippen LogP contribution in [0.25, 0.3) is 0 Å². The first-order valence-electron chi connectivity index (χ1n) is 6.69. The molecule has 2 aromatic rings. The molecule has 0 aliphatic carbocycles. The molecule has 0 heterocycles. The second-order valence-electron chi connectivity index (χ2n) is 4.89. The van der Waals surface area contributed by atoms with Gasteiger partial charge >= 0.3 is 0 Å². The summed E-state index contributed by atoms with van der Waals surface area (Å²) in [6.45, 7) is 1.85. The topological polar surface area (TPSA) is 29.5 Å². The van der Waals surface area contributed by atoms with E-state index in [1.807, 2.05) is 37.3 Å². The van der Waals surface area contributed by atoms with Gasteiger partial charge in [0.15, 0.2) is 0 Å². The fraction of sp³-hybridized carbons (Fsp3) is 0.294. The van der Waals surface area contributed by atoms with Gasteiger partial charge in [0.05, 0.1) is 12.7 Å². The zero-order valence-electron chi connectivity index (χ0n) is 11.8. The predicted octanol–water partition coefficient (Wildman–Crippen LogP) is 3.67. The summed E-state index contributed by atoms with van der Waals surface area (Å²) in [6, 6.07) is 14.2. The van der Waals surface area contributed by atoms with E-state index in [-0.39, 0.29) is 0 Å². The van der Waals surface area contributed by atoms with Crippen molar-refractivity contribution in [1.29, 1.82) is 0 Å². The van der Waals surface area contributed by atoms with Crippen molar-refractivity contribution in [3.8, 4) is 5.75 Å². The highest BCUT2D eigenvalue weighted by atomic mass is 19.1. The van der Waals surface area contributed by atoms with Crippen LogP contribution < -0.4 is 4.74 Å². The zero-order valence-corrected chi connectivity index (χ0v) is 11.8. The van der Waals surface area contributed by atoms with Crippen LogP contribution in [0.2, 0.25) is 0 Å². The molecule has 2 rings (SSSR count). The molecule has 2 aromatic carbocycles. The van der Waals surface area contributed by atoms with Gasteiger partial charge in [-0.25, -0.2) is 4.39 Å². The van der Waals surface area contributed by atoms with Crippen molar-refractivity contribution in [3.63, 3.8) is 0 Å². The molecule has 0 aliphatic rings. The number of rotatable bonds is 5. The molecule has 0 radical (unpaired) electrons. The third kappa shape index (κ3) is 2.99. The second kappa shape index (κ2) is 6.06. The standard InChI is InChI=1S/C17H19FO2/c1-3-17(19,12-13-7-5-4-6-8-13)15-10-9-14(20-2)11-16(15)18/h4-11,19H,3,12H2,1-2H3. The van der Waals surface area contributed by atoms with E-state index in [0.29, 0.717) is 24.2 Å². The number of benzene rings is 2. The summed E-state index contributed by atoms with van der Waals surface area (Å²) in [6.07, 6.45) is 0.818. The van der Waals surface area contributed by atoms with Crippen molar-refractivity contribution in [3.05, 3.63) is 65.5 Å². The summed E-state index contributed by atoms with van der Waals surface area (Å²) < 4.78 is 19.2. The summed E-state index contributed by atoms with van der Waals surface area (Å²) in [7, 11) is 1.49. The average molecular weight is 274 g/mol. The first kappa shape index (κ1) is 14.5. The predicted molar refractivity (Wildman–Crippen MR) is 77.3 cm³/mol. The van der Waals surface area contributed by atoms with Gasteiger partial charge in [-0.3, -0.25) is 0 Å². The molecule has 0 fully saturated rings. The highest BCUT2D eigenvalue weighted by Crippen LogP contribution is 2.32. The Kier molecular flexibility index (Phi) is 4.40. The Hall–Kier alpha value is -1.87. The molecule has 0 aromatic heterocycles. The molecule has 1 N–H and O–H groups in total. The lowest BCUT2D eigenvalue weighted by atomic mass is 9.84. The van der Waals surface area contributed by atoms with Crippen LogP contribution in [0.15, 0.2) is 48.5 Å². The maximum atomic E-state index is 14.2. The highest BCUT2D eigenvalue weighted by molar-refractivity contribution is 5.34. The van der Waals surface area contributed by atoms with E-state index < -0.39 is 11.4 Å². The molecule has 0 aliphatic heterocycles. The lowest BCUT2D eigenvalue weighted by molar-refractivity contribution is 0.0291. The van der Waals surface area contributed by atoms with Crippen LogP contribution in [-0.2, 0) is 12.0 Å². The molecule has 1 atom stereocenters. The lowest BCUT2D eigenvalue weighted by Gasteiger charge is -2.28. The van der Waals surface area contributed by atoms with Crippen LogP contribution in [0.5, 0.6) is 5.75 Å². The maximum Gasteiger partial charge on any atom is 0.132 e. The first-order chi connectivity index (χ1) is 9.59. The van der Waals surface area contributed by atoms with Gasteiger partial charge in [0.1, 0.15) is 11.6 Å². The molecule has 0 saturated carbocycles. The van der Waals surface area contributed by atoms with Crippen LogP contribution in [0.4, 0.5) is 4.39 Å². The largest absolute Gasteiger partial charge is 0.497 e. The molecular weight excluding hydrogens is 255 g/mol. The van der Waals surface area contributed by atoms with E-state index in [1.165, 1.54) is 13.2 Å². The van der Waals surface area contributed by atoms with E-state index in [9.17, 15) is 9.50 Å². The van der Waals surface area contributed by atoms with Crippen molar-refractivity contribution >= 4 is 0 Å².